The predicted molar refractivity (Wildman–Crippen MR) is 43.6 cm³/mol. The number of amides is 3. The molecule has 0 aliphatic heterocycles. The second-order valence-corrected chi connectivity index (χ2v) is 1.96. The number of primary amides is 1. The lowest BCUT2D eigenvalue weighted by atomic mass is 10.2. The van der Waals surface area contributed by atoms with Crippen molar-refractivity contribution >= 4 is 30.0 Å². The molecule has 0 aliphatic carbocycles. The van der Waals surface area contributed by atoms with Gasteiger partial charge in [0, 0.05) is 0 Å². The standard InChI is InChI=1S/C6H6N4O4/c7-5(13)1-4(10-9-3-12)6(14)8-2-11/h3H,1H2,(H2,7,13)(H,9,12). The van der Waals surface area contributed by atoms with Crippen molar-refractivity contribution in [1.29, 1.82) is 0 Å². The first-order chi connectivity index (χ1) is 6.61. The highest BCUT2D eigenvalue weighted by Crippen LogP contribution is 1.88. The molecule has 0 atom stereocenters. The fourth-order valence-electron chi connectivity index (χ4n) is 0.538. The van der Waals surface area contributed by atoms with Crippen molar-refractivity contribution in [2.45, 2.75) is 6.42 Å². The van der Waals surface area contributed by atoms with Gasteiger partial charge in [0.15, 0.2) is 0 Å². The van der Waals surface area contributed by atoms with Crippen LogP contribution in [0.15, 0.2) is 10.1 Å². The predicted octanol–water partition coefficient (Wildman–Crippen LogP) is -2.17. The number of nitrogens with two attached hydrogens (primary N) is 1. The molecule has 0 aliphatic rings. The first-order valence-corrected chi connectivity index (χ1v) is 3.28. The van der Waals surface area contributed by atoms with Gasteiger partial charge < -0.3 is 5.73 Å². The Morgan fingerprint density at radius 1 is 1.50 bits per heavy atom. The van der Waals surface area contributed by atoms with Crippen molar-refractivity contribution in [1.82, 2.24) is 5.43 Å². The van der Waals surface area contributed by atoms with Crippen molar-refractivity contribution in [2.24, 2.45) is 15.8 Å². The third kappa shape index (κ3) is 4.52. The van der Waals surface area contributed by atoms with Gasteiger partial charge in [-0.2, -0.15) is 5.10 Å². The summed E-state index contributed by atoms with van der Waals surface area (Å²) in [6.45, 7) is 0. The lowest BCUT2D eigenvalue weighted by Gasteiger charge is -1.96. The highest BCUT2D eigenvalue weighted by molar-refractivity contribution is 6.42. The van der Waals surface area contributed by atoms with Crippen LogP contribution < -0.4 is 11.2 Å². The number of nitrogens with one attached hydrogen (secondary N) is 1. The number of carbonyl (C=O) groups excluding carboxylic acids is 4. The Kier molecular flexibility index (Phi) is 5.17. The van der Waals surface area contributed by atoms with Gasteiger partial charge in [0.05, 0.1) is 6.42 Å². The summed E-state index contributed by atoms with van der Waals surface area (Å²) < 4.78 is 0. The lowest BCUT2D eigenvalue weighted by molar-refractivity contribution is -0.118. The number of rotatable bonds is 5. The number of carbonyl (C=O) groups is 3. The molecular weight excluding hydrogens is 192 g/mol. The number of aliphatic imine (C=N–C) groups is 1. The van der Waals surface area contributed by atoms with Crippen molar-refractivity contribution in [2.75, 3.05) is 0 Å². The van der Waals surface area contributed by atoms with E-state index >= 15 is 0 Å². The van der Waals surface area contributed by atoms with Crippen LogP contribution in [0.5, 0.6) is 0 Å². The maximum Gasteiger partial charge on any atom is 0.304 e. The highest BCUT2D eigenvalue weighted by Gasteiger charge is 2.13. The Morgan fingerprint density at radius 2 is 2.14 bits per heavy atom. The molecule has 0 radical (unpaired) electrons. The molecule has 0 aromatic rings. The fourth-order valence-corrected chi connectivity index (χ4v) is 0.538. The zero-order valence-corrected chi connectivity index (χ0v) is 6.89. The van der Waals surface area contributed by atoms with Gasteiger partial charge in [-0.1, -0.05) is 0 Å². The van der Waals surface area contributed by atoms with Crippen molar-refractivity contribution in [3.05, 3.63) is 0 Å². The van der Waals surface area contributed by atoms with Gasteiger partial charge in [0.2, 0.25) is 18.4 Å². The maximum absolute atomic E-state index is 10.9. The number of hydrazone groups is 1. The van der Waals surface area contributed by atoms with Crippen LogP contribution in [0.3, 0.4) is 0 Å². The van der Waals surface area contributed by atoms with E-state index in [1.54, 1.807) is 5.43 Å². The molecule has 0 aromatic carbocycles. The van der Waals surface area contributed by atoms with E-state index in [-0.39, 0.29) is 6.41 Å². The van der Waals surface area contributed by atoms with E-state index in [1.807, 2.05) is 0 Å². The summed E-state index contributed by atoms with van der Waals surface area (Å²) in [5.41, 5.74) is 6.12. The summed E-state index contributed by atoms with van der Waals surface area (Å²) in [5, 5.41) is 3.18. The summed E-state index contributed by atoms with van der Waals surface area (Å²) in [7, 11) is 0. The Morgan fingerprint density at radius 3 is 2.57 bits per heavy atom. The molecule has 0 spiro atoms. The lowest BCUT2D eigenvalue weighted by Crippen LogP contribution is -2.24. The zero-order chi connectivity index (χ0) is 11.0. The summed E-state index contributed by atoms with van der Waals surface area (Å²) in [4.78, 5) is 43.5. The molecule has 74 valence electrons. The monoisotopic (exact) mass is 198 g/mol. The van der Waals surface area contributed by atoms with E-state index in [9.17, 15) is 19.2 Å². The number of hydrogen-bond acceptors (Lipinski definition) is 5. The van der Waals surface area contributed by atoms with Gasteiger partial charge in [0.1, 0.15) is 5.71 Å². The van der Waals surface area contributed by atoms with Crippen molar-refractivity contribution in [3.63, 3.8) is 0 Å². The Hall–Kier alpha value is -2.34. The number of isocyanates is 1. The Bertz CT molecular complexity index is 329. The molecule has 0 heterocycles. The molecular formula is C6H6N4O4. The smallest absolute Gasteiger partial charge is 0.304 e. The molecule has 0 rings (SSSR count). The van der Waals surface area contributed by atoms with Crippen LogP contribution in [0.25, 0.3) is 0 Å². The van der Waals surface area contributed by atoms with Gasteiger partial charge in [-0.05, 0) is 0 Å². The second kappa shape index (κ2) is 6.21. The van der Waals surface area contributed by atoms with Gasteiger partial charge in [-0.3, -0.25) is 14.4 Å². The summed E-state index contributed by atoms with van der Waals surface area (Å²) in [6, 6.07) is 0. The minimum Gasteiger partial charge on any atom is -0.369 e. The third-order valence-electron chi connectivity index (χ3n) is 0.988. The first-order valence-electron chi connectivity index (χ1n) is 3.28. The summed E-state index contributed by atoms with van der Waals surface area (Å²) in [6.07, 6.45) is 0.631. The van der Waals surface area contributed by atoms with Crippen LogP contribution in [0, 0.1) is 0 Å². The molecule has 3 amide bonds. The molecule has 0 bridgehead atoms. The normalized spacial score (nSPS) is 9.86. The molecule has 0 fully saturated rings. The summed E-state index contributed by atoms with van der Waals surface area (Å²) in [5.74, 6) is -1.92. The molecule has 0 unspecified atom stereocenters. The average Bonchev–Trinajstić information content (AvgIpc) is 2.12. The minimum atomic E-state index is -1.08. The Labute approximate surface area is 77.9 Å². The van der Waals surface area contributed by atoms with E-state index in [0.29, 0.717) is 0 Å². The van der Waals surface area contributed by atoms with Crippen molar-refractivity contribution in [3.8, 4) is 0 Å². The SMILES string of the molecule is NC(=O)CC(=NNC=O)C(=O)N=C=O. The van der Waals surface area contributed by atoms with E-state index in [2.05, 4.69) is 10.1 Å². The summed E-state index contributed by atoms with van der Waals surface area (Å²) >= 11 is 0. The molecule has 0 saturated heterocycles. The third-order valence-corrected chi connectivity index (χ3v) is 0.988. The van der Waals surface area contributed by atoms with Crippen LogP contribution in [0.4, 0.5) is 0 Å². The average molecular weight is 198 g/mol. The highest BCUT2D eigenvalue weighted by atomic mass is 16.2. The van der Waals surface area contributed by atoms with Crippen LogP contribution in [-0.4, -0.2) is 30.0 Å². The largest absolute Gasteiger partial charge is 0.369 e. The van der Waals surface area contributed by atoms with Crippen LogP contribution in [0.2, 0.25) is 0 Å². The molecule has 0 saturated carbocycles. The minimum absolute atomic E-state index is 0.179. The maximum atomic E-state index is 10.9. The molecule has 14 heavy (non-hydrogen) atoms. The molecule has 0 aromatic heterocycles. The van der Waals surface area contributed by atoms with E-state index < -0.39 is 23.9 Å². The first kappa shape index (κ1) is 11.7. The number of nitrogens with zero attached hydrogens (tertiary/aromatic N) is 2. The van der Waals surface area contributed by atoms with Crippen LogP contribution >= 0.6 is 0 Å². The molecule has 8 nitrogen and oxygen atoms in total. The zero-order valence-electron chi connectivity index (χ0n) is 6.89. The van der Waals surface area contributed by atoms with Gasteiger partial charge in [-0.15, -0.1) is 4.99 Å². The van der Waals surface area contributed by atoms with Crippen molar-refractivity contribution < 1.29 is 19.2 Å². The quantitative estimate of drug-likeness (QED) is 0.225. The topological polar surface area (TPSA) is 131 Å². The van der Waals surface area contributed by atoms with E-state index in [4.69, 9.17) is 5.73 Å². The number of hydrogen-bond donors (Lipinski definition) is 2. The molecule has 8 heteroatoms. The second-order valence-electron chi connectivity index (χ2n) is 1.96. The van der Waals surface area contributed by atoms with Gasteiger partial charge in [0.25, 0.3) is 0 Å². The van der Waals surface area contributed by atoms with E-state index in [1.165, 1.54) is 0 Å². The van der Waals surface area contributed by atoms with Crippen LogP contribution in [0.1, 0.15) is 6.42 Å². The van der Waals surface area contributed by atoms with Gasteiger partial charge >= 0.3 is 5.91 Å². The van der Waals surface area contributed by atoms with Crippen LogP contribution in [-0.2, 0) is 19.2 Å². The Balaban J connectivity index is 4.70. The van der Waals surface area contributed by atoms with Gasteiger partial charge in [-0.25, -0.2) is 10.2 Å². The fraction of sp³-hybridized carbons (Fsp3) is 0.167. The van der Waals surface area contributed by atoms with E-state index in [0.717, 1.165) is 6.08 Å². The molecule has 3 N–H and O–H groups in total.